The van der Waals surface area contributed by atoms with Crippen LogP contribution in [-0.2, 0) is 0 Å². The van der Waals surface area contributed by atoms with Crippen molar-refractivity contribution < 1.29 is 4.39 Å². The quantitative estimate of drug-likeness (QED) is 0.948. The Hall–Kier alpha value is -1.27. The van der Waals surface area contributed by atoms with Crippen LogP contribution in [0.5, 0.6) is 0 Å². The molecule has 2 N–H and O–H groups in total. The lowest BCUT2D eigenvalue weighted by atomic mass is 10.1. The van der Waals surface area contributed by atoms with Crippen molar-refractivity contribution in [3.63, 3.8) is 0 Å². The van der Waals surface area contributed by atoms with Gasteiger partial charge in [0.05, 0.1) is 28.6 Å². The van der Waals surface area contributed by atoms with Gasteiger partial charge in [-0.2, -0.15) is 5.10 Å². The molecule has 0 spiro atoms. The zero-order chi connectivity index (χ0) is 13.3. The lowest BCUT2D eigenvalue weighted by Crippen LogP contribution is -2.19. The normalized spacial score (nSPS) is 13.0. The van der Waals surface area contributed by atoms with Crippen molar-refractivity contribution in [2.24, 2.45) is 5.73 Å². The van der Waals surface area contributed by atoms with E-state index >= 15 is 0 Å². The SMILES string of the molecule is CC(C)n1ncc(Br)c1C(N)c1cncc(F)c1. The van der Waals surface area contributed by atoms with Crippen LogP contribution in [0.1, 0.15) is 37.2 Å². The van der Waals surface area contributed by atoms with Crippen molar-refractivity contribution in [2.45, 2.75) is 25.9 Å². The third-order valence-electron chi connectivity index (χ3n) is 2.66. The molecule has 2 aromatic rings. The molecule has 6 heteroatoms. The predicted octanol–water partition coefficient (Wildman–Crippen LogP) is 2.81. The summed E-state index contributed by atoms with van der Waals surface area (Å²) in [5.41, 5.74) is 7.61. The smallest absolute Gasteiger partial charge is 0.141 e. The van der Waals surface area contributed by atoms with Crippen molar-refractivity contribution in [3.05, 3.63) is 46.2 Å². The number of rotatable bonds is 3. The molecule has 4 nitrogen and oxygen atoms in total. The minimum Gasteiger partial charge on any atom is -0.319 e. The second-order valence-corrected chi connectivity index (χ2v) is 5.18. The maximum absolute atomic E-state index is 13.2. The molecule has 0 saturated carbocycles. The Morgan fingerprint density at radius 2 is 2.06 bits per heavy atom. The second kappa shape index (κ2) is 5.16. The van der Waals surface area contributed by atoms with E-state index in [1.807, 2.05) is 18.5 Å². The summed E-state index contributed by atoms with van der Waals surface area (Å²) in [6.07, 6.45) is 4.42. The average Bonchev–Trinajstić information content (AvgIpc) is 2.70. The Bertz CT molecular complexity index is 553. The molecule has 0 radical (unpaired) electrons. The maximum atomic E-state index is 13.2. The second-order valence-electron chi connectivity index (χ2n) is 4.33. The Kier molecular flexibility index (Phi) is 3.77. The molecule has 2 aromatic heterocycles. The molecular weight excluding hydrogens is 299 g/mol. The predicted molar refractivity (Wildman–Crippen MR) is 70.5 cm³/mol. The van der Waals surface area contributed by atoms with Crippen LogP contribution in [0.15, 0.2) is 29.1 Å². The van der Waals surface area contributed by atoms with Crippen molar-refractivity contribution in [1.82, 2.24) is 14.8 Å². The van der Waals surface area contributed by atoms with Crippen LogP contribution in [0.2, 0.25) is 0 Å². The van der Waals surface area contributed by atoms with Gasteiger partial charge in [0.15, 0.2) is 0 Å². The van der Waals surface area contributed by atoms with Gasteiger partial charge in [-0.15, -0.1) is 0 Å². The van der Waals surface area contributed by atoms with E-state index in [1.165, 1.54) is 6.07 Å². The molecule has 1 unspecified atom stereocenters. The van der Waals surface area contributed by atoms with Gasteiger partial charge in [0, 0.05) is 12.2 Å². The van der Waals surface area contributed by atoms with Crippen LogP contribution in [0.3, 0.4) is 0 Å². The van der Waals surface area contributed by atoms with Crippen LogP contribution in [0.4, 0.5) is 4.39 Å². The van der Waals surface area contributed by atoms with Crippen LogP contribution >= 0.6 is 15.9 Å². The van der Waals surface area contributed by atoms with Gasteiger partial charge < -0.3 is 5.73 Å². The highest BCUT2D eigenvalue weighted by Crippen LogP contribution is 2.28. The van der Waals surface area contributed by atoms with E-state index in [1.54, 1.807) is 12.4 Å². The molecule has 0 amide bonds. The fourth-order valence-corrected chi connectivity index (χ4v) is 2.33. The van der Waals surface area contributed by atoms with Gasteiger partial charge >= 0.3 is 0 Å². The highest BCUT2D eigenvalue weighted by molar-refractivity contribution is 9.10. The standard InChI is InChI=1S/C12H14BrFN4/c1-7(2)18-12(10(13)6-17-18)11(15)8-3-9(14)5-16-4-8/h3-7,11H,15H2,1-2H3. The van der Waals surface area contributed by atoms with Gasteiger partial charge in [0.2, 0.25) is 0 Å². The van der Waals surface area contributed by atoms with E-state index in [0.29, 0.717) is 5.56 Å². The molecule has 0 bridgehead atoms. The minimum absolute atomic E-state index is 0.180. The molecular formula is C12H14BrFN4. The Labute approximate surface area is 113 Å². The van der Waals surface area contributed by atoms with Crippen molar-refractivity contribution >= 4 is 15.9 Å². The molecule has 1 atom stereocenters. The van der Waals surface area contributed by atoms with Crippen LogP contribution < -0.4 is 5.73 Å². The monoisotopic (exact) mass is 312 g/mol. The van der Waals surface area contributed by atoms with E-state index in [-0.39, 0.29) is 6.04 Å². The van der Waals surface area contributed by atoms with Gasteiger partial charge in [-0.25, -0.2) is 4.39 Å². The van der Waals surface area contributed by atoms with E-state index in [2.05, 4.69) is 26.0 Å². The molecule has 18 heavy (non-hydrogen) atoms. The topological polar surface area (TPSA) is 56.7 Å². The molecule has 96 valence electrons. The highest BCUT2D eigenvalue weighted by Gasteiger charge is 2.20. The van der Waals surface area contributed by atoms with Crippen LogP contribution in [0, 0.1) is 5.82 Å². The Balaban J connectivity index is 2.45. The fourth-order valence-electron chi connectivity index (χ4n) is 1.81. The first-order chi connectivity index (χ1) is 8.50. The third kappa shape index (κ3) is 2.44. The molecule has 0 aliphatic heterocycles. The van der Waals surface area contributed by atoms with Gasteiger partial charge in [-0.1, -0.05) is 0 Å². The van der Waals surface area contributed by atoms with Crippen molar-refractivity contribution in [1.29, 1.82) is 0 Å². The molecule has 0 saturated heterocycles. The molecule has 0 aromatic carbocycles. The van der Waals surface area contributed by atoms with E-state index in [0.717, 1.165) is 16.4 Å². The third-order valence-corrected chi connectivity index (χ3v) is 3.27. The largest absolute Gasteiger partial charge is 0.319 e. The Morgan fingerprint density at radius 3 is 2.67 bits per heavy atom. The molecule has 0 aliphatic carbocycles. The maximum Gasteiger partial charge on any atom is 0.141 e. The lowest BCUT2D eigenvalue weighted by molar-refractivity contribution is 0.497. The van der Waals surface area contributed by atoms with Crippen LogP contribution in [-0.4, -0.2) is 14.8 Å². The highest BCUT2D eigenvalue weighted by atomic mass is 79.9. The first kappa shape index (κ1) is 13.2. The number of hydrogen-bond donors (Lipinski definition) is 1. The number of hydrogen-bond acceptors (Lipinski definition) is 3. The van der Waals surface area contributed by atoms with Crippen molar-refractivity contribution in [2.75, 3.05) is 0 Å². The number of nitrogens with two attached hydrogens (primary N) is 1. The Morgan fingerprint density at radius 1 is 1.33 bits per heavy atom. The van der Waals surface area contributed by atoms with Gasteiger partial charge in [-0.05, 0) is 41.4 Å². The summed E-state index contributed by atoms with van der Waals surface area (Å²) >= 11 is 3.42. The summed E-state index contributed by atoms with van der Waals surface area (Å²) in [5.74, 6) is -0.394. The summed E-state index contributed by atoms with van der Waals surface area (Å²) in [6, 6.07) is 1.10. The fraction of sp³-hybridized carbons (Fsp3) is 0.333. The van der Waals surface area contributed by atoms with Crippen LogP contribution in [0.25, 0.3) is 0 Å². The molecule has 0 fully saturated rings. The average molecular weight is 313 g/mol. The van der Waals surface area contributed by atoms with Crippen molar-refractivity contribution in [3.8, 4) is 0 Å². The zero-order valence-electron chi connectivity index (χ0n) is 10.1. The van der Waals surface area contributed by atoms with E-state index < -0.39 is 11.9 Å². The molecule has 2 heterocycles. The lowest BCUT2D eigenvalue weighted by Gasteiger charge is -2.17. The number of aromatic nitrogens is 3. The molecule has 0 aliphatic rings. The molecule has 2 rings (SSSR count). The van der Waals surface area contributed by atoms with E-state index in [9.17, 15) is 4.39 Å². The first-order valence-electron chi connectivity index (χ1n) is 5.59. The summed E-state index contributed by atoms with van der Waals surface area (Å²) in [5, 5.41) is 4.26. The number of pyridine rings is 1. The van der Waals surface area contributed by atoms with E-state index in [4.69, 9.17) is 5.73 Å². The number of nitrogens with zero attached hydrogens (tertiary/aromatic N) is 3. The minimum atomic E-state index is -0.465. The van der Waals surface area contributed by atoms with Gasteiger partial charge in [0.25, 0.3) is 0 Å². The van der Waals surface area contributed by atoms with Gasteiger partial charge in [-0.3, -0.25) is 9.67 Å². The first-order valence-corrected chi connectivity index (χ1v) is 6.39. The summed E-state index contributed by atoms with van der Waals surface area (Å²) < 4.78 is 15.8. The number of halogens is 2. The van der Waals surface area contributed by atoms with Gasteiger partial charge in [0.1, 0.15) is 5.82 Å². The zero-order valence-corrected chi connectivity index (χ0v) is 11.7. The summed E-state index contributed by atoms with van der Waals surface area (Å²) in [7, 11) is 0. The summed E-state index contributed by atoms with van der Waals surface area (Å²) in [6.45, 7) is 4.03. The summed E-state index contributed by atoms with van der Waals surface area (Å²) in [4.78, 5) is 3.82.